The number of halogens is 1. The lowest BCUT2D eigenvalue weighted by atomic mass is 10.2. The van der Waals surface area contributed by atoms with Crippen molar-refractivity contribution in [2.75, 3.05) is 6.61 Å². The highest BCUT2D eigenvalue weighted by Crippen LogP contribution is 2.19. The first kappa shape index (κ1) is 16.5. The maximum atomic E-state index is 13.7. The molecule has 0 atom stereocenters. The summed E-state index contributed by atoms with van der Waals surface area (Å²) >= 11 is 0. The molecule has 0 fully saturated rings. The molecule has 0 aliphatic heterocycles. The van der Waals surface area contributed by atoms with E-state index in [-0.39, 0.29) is 17.2 Å². The summed E-state index contributed by atoms with van der Waals surface area (Å²) in [6.45, 7) is 4.03. The first-order valence-corrected chi connectivity index (χ1v) is 8.38. The van der Waals surface area contributed by atoms with Gasteiger partial charge in [-0.05, 0) is 43.7 Å². The highest BCUT2D eigenvalue weighted by molar-refractivity contribution is 7.89. The van der Waals surface area contributed by atoms with Crippen molar-refractivity contribution in [3.8, 4) is 5.75 Å². The third kappa shape index (κ3) is 4.05. The number of rotatable bonds is 6. The fourth-order valence-electron chi connectivity index (χ4n) is 1.91. The van der Waals surface area contributed by atoms with Gasteiger partial charge in [-0.2, -0.15) is 0 Å². The summed E-state index contributed by atoms with van der Waals surface area (Å²) in [6.07, 6.45) is 0. The van der Waals surface area contributed by atoms with Crippen molar-refractivity contribution in [1.82, 2.24) is 4.72 Å². The molecule has 0 saturated heterocycles. The molecule has 0 heterocycles. The number of sulfonamides is 1. The molecule has 0 saturated carbocycles. The molecule has 0 amide bonds. The van der Waals surface area contributed by atoms with Crippen LogP contribution in [-0.2, 0) is 16.6 Å². The molecule has 6 heteroatoms. The number of nitrogens with one attached hydrogen (secondary N) is 1. The summed E-state index contributed by atoms with van der Waals surface area (Å²) in [4.78, 5) is 0.185. The zero-order valence-corrected chi connectivity index (χ0v) is 13.3. The normalized spacial score (nSPS) is 11.4. The van der Waals surface area contributed by atoms with Crippen molar-refractivity contribution in [2.45, 2.75) is 25.3 Å². The van der Waals surface area contributed by atoms with Crippen LogP contribution in [0.3, 0.4) is 0 Å². The Bertz CT molecular complexity index is 742. The van der Waals surface area contributed by atoms with Crippen LogP contribution < -0.4 is 9.46 Å². The van der Waals surface area contributed by atoms with Gasteiger partial charge in [-0.1, -0.05) is 23.8 Å². The Balaban J connectivity index is 2.09. The Morgan fingerprint density at radius 3 is 2.41 bits per heavy atom. The number of hydrogen-bond donors (Lipinski definition) is 1. The van der Waals surface area contributed by atoms with Crippen molar-refractivity contribution in [1.29, 1.82) is 0 Å². The van der Waals surface area contributed by atoms with Crippen LogP contribution in [0, 0.1) is 12.7 Å². The van der Waals surface area contributed by atoms with E-state index in [0.717, 1.165) is 5.56 Å². The number of hydrogen-bond acceptors (Lipinski definition) is 3. The van der Waals surface area contributed by atoms with Crippen molar-refractivity contribution >= 4 is 10.0 Å². The molecular formula is C16H18FNO3S. The van der Waals surface area contributed by atoms with Crippen molar-refractivity contribution in [3.05, 3.63) is 59.4 Å². The molecule has 0 aliphatic rings. The van der Waals surface area contributed by atoms with Gasteiger partial charge >= 0.3 is 0 Å². The number of ether oxygens (including phenoxy) is 1. The van der Waals surface area contributed by atoms with Gasteiger partial charge in [-0.3, -0.25) is 0 Å². The Morgan fingerprint density at radius 1 is 1.14 bits per heavy atom. The molecule has 2 rings (SSSR count). The highest BCUT2D eigenvalue weighted by atomic mass is 32.2. The van der Waals surface area contributed by atoms with Crippen molar-refractivity contribution in [2.24, 2.45) is 0 Å². The smallest absolute Gasteiger partial charge is 0.240 e. The second-order valence-electron chi connectivity index (χ2n) is 4.84. The number of aryl methyl sites for hydroxylation is 1. The van der Waals surface area contributed by atoms with Crippen LogP contribution in [0.4, 0.5) is 4.39 Å². The molecular weight excluding hydrogens is 305 g/mol. The van der Waals surface area contributed by atoms with Crippen LogP contribution in [0.1, 0.15) is 18.1 Å². The molecule has 0 aromatic heterocycles. The monoisotopic (exact) mass is 323 g/mol. The highest BCUT2D eigenvalue weighted by Gasteiger charge is 2.13. The first-order valence-electron chi connectivity index (χ1n) is 6.90. The molecule has 0 radical (unpaired) electrons. The maximum absolute atomic E-state index is 13.7. The molecule has 2 aromatic rings. The van der Waals surface area contributed by atoms with E-state index in [1.165, 1.54) is 24.3 Å². The molecule has 0 bridgehead atoms. The number of benzene rings is 2. The summed E-state index contributed by atoms with van der Waals surface area (Å²) in [5.74, 6) is -0.346. The van der Waals surface area contributed by atoms with E-state index in [0.29, 0.717) is 12.2 Å². The van der Waals surface area contributed by atoms with Crippen LogP contribution in [0.5, 0.6) is 5.75 Å². The molecule has 22 heavy (non-hydrogen) atoms. The van der Waals surface area contributed by atoms with Gasteiger partial charge in [-0.15, -0.1) is 0 Å². The topological polar surface area (TPSA) is 55.4 Å². The molecule has 0 unspecified atom stereocenters. The van der Waals surface area contributed by atoms with Gasteiger partial charge in [0.15, 0.2) is 11.6 Å². The quantitative estimate of drug-likeness (QED) is 0.889. The lowest BCUT2D eigenvalue weighted by molar-refractivity contribution is 0.321. The fraction of sp³-hybridized carbons (Fsp3) is 0.250. The van der Waals surface area contributed by atoms with Crippen LogP contribution in [-0.4, -0.2) is 15.0 Å². The summed E-state index contributed by atoms with van der Waals surface area (Å²) in [6, 6.07) is 10.9. The summed E-state index contributed by atoms with van der Waals surface area (Å²) in [5, 5.41) is 0. The minimum Gasteiger partial charge on any atom is -0.491 e. The second-order valence-corrected chi connectivity index (χ2v) is 6.60. The van der Waals surface area contributed by atoms with Crippen LogP contribution in [0.25, 0.3) is 0 Å². The Morgan fingerprint density at radius 2 is 1.82 bits per heavy atom. The van der Waals surface area contributed by atoms with E-state index in [2.05, 4.69) is 4.72 Å². The van der Waals surface area contributed by atoms with Gasteiger partial charge in [0.2, 0.25) is 10.0 Å². The van der Waals surface area contributed by atoms with Crippen LogP contribution in [0.15, 0.2) is 47.4 Å². The van der Waals surface area contributed by atoms with Gasteiger partial charge in [0, 0.05) is 6.54 Å². The molecule has 1 N–H and O–H groups in total. The van der Waals surface area contributed by atoms with Crippen LogP contribution >= 0.6 is 0 Å². The lowest BCUT2D eigenvalue weighted by Crippen LogP contribution is -2.23. The predicted molar refractivity (Wildman–Crippen MR) is 82.8 cm³/mol. The zero-order valence-electron chi connectivity index (χ0n) is 12.5. The largest absolute Gasteiger partial charge is 0.491 e. The van der Waals surface area contributed by atoms with E-state index in [1.807, 2.05) is 6.92 Å². The summed E-state index contributed by atoms with van der Waals surface area (Å²) in [7, 11) is -3.61. The predicted octanol–water partition coefficient (Wildman–Crippen LogP) is 3.01. The second kappa shape index (κ2) is 6.89. The minimum absolute atomic E-state index is 0.0134. The molecule has 2 aromatic carbocycles. The zero-order chi connectivity index (χ0) is 16.2. The standard InChI is InChI=1S/C16H18FNO3S/c1-3-21-16-9-6-13(10-15(16)17)11-18-22(19,20)14-7-4-12(2)5-8-14/h4-10,18H,3,11H2,1-2H3. The van der Waals surface area contributed by atoms with Gasteiger partial charge in [0.05, 0.1) is 11.5 Å². The van der Waals surface area contributed by atoms with Crippen LogP contribution in [0.2, 0.25) is 0 Å². The van der Waals surface area contributed by atoms with E-state index < -0.39 is 15.8 Å². The third-order valence-electron chi connectivity index (χ3n) is 3.09. The van der Waals surface area contributed by atoms with Gasteiger partial charge in [-0.25, -0.2) is 17.5 Å². The fourth-order valence-corrected chi connectivity index (χ4v) is 2.92. The summed E-state index contributed by atoms with van der Waals surface area (Å²) < 4.78 is 45.6. The lowest BCUT2D eigenvalue weighted by Gasteiger charge is -2.09. The van der Waals surface area contributed by atoms with Crippen molar-refractivity contribution in [3.63, 3.8) is 0 Å². The summed E-state index contributed by atoms with van der Waals surface area (Å²) in [5.41, 5.74) is 1.50. The average Bonchev–Trinajstić information content (AvgIpc) is 2.48. The SMILES string of the molecule is CCOc1ccc(CNS(=O)(=O)c2ccc(C)cc2)cc1F. The third-order valence-corrected chi connectivity index (χ3v) is 4.51. The average molecular weight is 323 g/mol. The van der Waals surface area contributed by atoms with Gasteiger partial charge < -0.3 is 4.74 Å². The van der Waals surface area contributed by atoms with E-state index in [9.17, 15) is 12.8 Å². The Labute approximate surface area is 130 Å². The molecule has 118 valence electrons. The van der Waals surface area contributed by atoms with Gasteiger partial charge in [0.1, 0.15) is 0 Å². The Hall–Kier alpha value is -1.92. The molecule has 4 nitrogen and oxygen atoms in total. The van der Waals surface area contributed by atoms with Gasteiger partial charge in [0.25, 0.3) is 0 Å². The maximum Gasteiger partial charge on any atom is 0.240 e. The molecule has 0 spiro atoms. The first-order chi connectivity index (χ1) is 10.4. The Kier molecular flexibility index (Phi) is 5.15. The molecule has 0 aliphatic carbocycles. The van der Waals surface area contributed by atoms with E-state index in [1.54, 1.807) is 25.1 Å². The van der Waals surface area contributed by atoms with Crippen molar-refractivity contribution < 1.29 is 17.5 Å². The van der Waals surface area contributed by atoms with E-state index in [4.69, 9.17) is 4.74 Å². The van der Waals surface area contributed by atoms with E-state index >= 15 is 0 Å². The minimum atomic E-state index is -3.61.